The molecule has 0 spiro atoms. The number of rotatable bonds is 8. The lowest BCUT2D eigenvalue weighted by Gasteiger charge is -2.10. The summed E-state index contributed by atoms with van der Waals surface area (Å²) in [6, 6.07) is 22.6. The molecule has 0 aromatic heterocycles. The quantitative estimate of drug-likeness (QED) is 0.467. The minimum absolute atomic E-state index is 0.0393. The first-order valence-corrected chi connectivity index (χ1v) is 10.4. The Balaban J connectivity index is 1.30. The molecule has 2 N–H and O–H groups in total. The van der Waals surface area contributed by atoms with Gasteiger partial charge >= 0.3 is 5.97 Å². The summed E-state index contributed by atoms with van der Waals surface area (Å²) in [7, 11) is 0. The van der Waals surface area contributed by atoms with Crippen molar-refractivity contribution >= 4 is 11.9 Å². The summed E-state index contributed by atoms with van der Waals surface area (Å²) < 4.78 is 0. The predicted molar refractivity (Wildman–Crippen MR) is 118 cm³/mol. The van der Waals surface area contributed by atoms with Crippen LogP contribution in [0.2, 0.25) is 0 Å². The number of amides is 1. The van der Waals surface area contributed by atoms with E-state index in [2.05, 4.69) is 41.7 Å². The number of carbonyl (C=O) groups is 2. The van der Waals surface area contributed by atoms with E-state index in [0.29, 0.717) is 19.4 Å². The zero-order valence-electron chi connectivity index (χ0n) is 16.9. The van der Waals surface area contributed by atoms with Gasteiger partial charge in [0.1, 0.15) is 0 Å². The van der Waals surface area contributed by atoms with Crippen molar-refractivity contribution in [2.24, 2.45) is 0 Å². The Kier molecular flexibility index (Phi) is 5.94. The van der Waals surface area contributed by atoms with Crippen molar-refractivity contribution in [1.82, 2.24) is 5.32 Å². The van der Waals surface area contributed by atoms with Crippen LogP contribution in [0, 0.1) is 0 Å². The summed E-state index contributed by atoms with van der Waals surface area (Å²) in [6.45, 7) is 0.586. The van der Waals surface area contributed by atoms with Crippen molar-refractivity contribution in [1.29, 1.82) is 0 Å². The van der Waals surface area contributed by atoms with E-state index in [0.717, 1.165) is 29.5 Å². The van der Waals surface area contributed by atoms with E-state index in [4.69, 9.17) is 5.11 Å². The fourth-order valence-corrected chi connectivity index (χ4v) is 4.09. The number of hydrogen-bond acceptors (Lipinski definition) is 2. The highest BCUT2D eigenvalue weighted by atomic mass is 16.4. The molecule has 0 saturated heterocycles. The van der Waals surface area contributed by atoms with Crippen LogP contribution in [0.15, 0.2) is 66.7 Å². The maximum atomic E-state index is 12.5. The van der Waals surface area contributed by atoms with Crippen LogP contribution in [0.25, 0.3) is 11.1 Å². The molecule has 1 amide bonds. The Morgan fingerprint density at radius 3 is 2.30 bits per heavy atom. The molecular weight excluding hydrogens is 374 g/mol. The molecule has 0 fully saturated rings. The van der Waals surface area contributed by atoms with Crippen LogP contribution in [0.4, 0.5) is 0 Å². The van der Waals surface area contributed by atoms with Gasteiger partial charge in [-0.15, -0.1) is 0 Å². The number of fused-ring (bicyclic) bond motifs is 3. The summed E-state index contributed by atoms with van der Waals surface area (Å²) in [6.07, 6.45) is 2.72. The lowest BCUT2D eigenvalue weighted by molar-refractivity contribution is -0.137. The minimum atomic E-state index is -0.783. The summed E-state index contributed by atoms with van der Waals surface area (Å²) in [5.74, 6) is -0.743. The first-order chi connectivity index (χ1) is 14.6. The van der Waals surface area contributed by atoms with Crippen LogP contribution < -0.4 is 5.32 Å². The van der Waals surface area contributed by atoms with Crippen LogP contribution >= 0.6 is 0 Å². The predicted octanol–water partition coefficient (Wildman–Crippen LogP) is 4.18. The second kappa shape index (κ2) is 8.95. The van der Waals surface area contributed by atoms with Crippen LogP contribution in [0.1, 0.15) is 34.2 Å². The first-order valence-electron chi connectivity index (χ1n) is 10.4. The Bertz CT molecular complexity index is 1070. The summed E-state index contributed by atoms with van der Waals surface area (Å²) in [4.78, 5) is 23.2. The van der Waals surface area contributed by atoms with E-state index < -0.39 is 5.97 Å². The van der Waals surface area contributed by atoms with Crippen molar-refractivity contribution in [2.45, 2.75) is 32.1 Å². The van der Waals surface area contributed by atoms with Gasteiger partial charge in [-0.3, -0.25) is 9.59 Å². The summed E-state index contributed by atoms with van der Waals surface area (Å²) in [5.41, 5.74) is 8.37. The number of aryl methyl sites for hydroxylation is 1. The molecule has 0 heterocycles. The molecule has 1 aliphatic rings. The van der Waals surface area contributed by atoms with Gasteiger partial charge in [0.15, 0.2) is 0 Å². The zero-order chi connectivity index (χ0) is 20.9. The smallest absolute Gasteiger partial charge is 0.303 e. The molecule has 4 rings (SSSR count). The normalized spacial score (nSPS) is 11.6. The van der Waals surface area contributed by atoms with Gasteiger partial charge in [0.25, 0.3) is 0 Å². The van der Waals surface area contributed by atoms with Gasteiger partial charge in [-0.2, -0.15) is 0 Å². The van der Waals surface area contributed by atoms with Crippen LogP contribution in [-0.2, 0) is 35.3 Å². The van der Waals surface area contributed by atoms with Crippen LogP contribution in [0.5, 0.6) is 0 Å². The molecule has 152 valence electrons. The molecule has 0 unspecified atom stereocenters. The second-order valence-corrected chi connectivity index (χ2v) is 7.76. The number of aliphatic carboxylic acids is 1. The first kappa shape index (κ1) is 19.9. The maximum absolute atomic E-state index is 12.5. The van der Waals surface area contributed by atoms with Crippen molar-refractivity contribution in [3.8, 4) is 11.1 Å². The van der Waals surface area contributed by atoms with Crippen molar-refractivity contribution in [3.63, 3.8) is 0 Å². The number of carboxylic acid groups (broad SMARTS) is 1. The van der Waals surface area contributed by atoms with Gasteiger partial charge in [-0.05, 0) is 58.2 Å². The average Bonchev–Trinajstić information content (AvgIpc) is 3.13. The van der Waals surface area contributed by atoms with E-state index in [1.54, 1.807) is 0 Å². The van der Waals surface area contributed by atoms with Crippen LogP contribution in [0.3, 0.4) is 0 Å². The Labute approximate surface area is 176 Å². The largest absolute Gasteiger partial charge is 0.481 e. The average molecular weight is 399 g/mol. The van der Waals surface area contributed by atoms with E-state index >= 15 is 0 Å². The molecule has 1 aliphatic carbocycles. The fraction of sp³-hybridized carbons (Fsp3) is 0.231. The van der Waals surface area contributed by atoms with E-state index in [1.807, 2.05) is 30.3 Å². The third-order valence-electron chi connectivity index (χ3n) is 5.69. The SMILES string of the molecule is O=C(O)CCc1ccc(CCNC(=O)Cc2cccc3c2Cc2ccccc2-3)cc1. The lowest BCUT2D eigenvalue weighted by atomic mass is 9.99. The Morgan fingerprint density at radius 1 is 0.833 bits per heavy atom. The highest BCUT2D eigenvalue weighted by molar-refractivity contribution is 5.83. The number of carboxylic acids is 1. The molecule has 4 heteroatoms. The lowest BCUT2D eigenvalue weighted by Crippen LogP contribution is -2.27. The van der Waals surface area contributed by atoms with Gasteiger partial charge in [0.2, 0.25) is 5.91 Å². The fourth-order valence-electron chi connectivity index (χ4n) is 4.09. The van der Waals surface area contributed by atoms with Crippen LogP contribution in [-0.4, -0.2) is 23.5 Å². The minimum Gasteiger partial charge on any atom is -0.481 e. The van der Waals surface area contributed by atoms with Gasteiger partial charge in [0.05, 0.1) is 6.42 Å². The Hall–Kier alpha value is -3.40. The standard InChI is InChI=1S/C26H25NO3/c28-25(27-15-14-19-10-8-18(9-11-19)12-13-26(29)30)17-21-5-3-7-23-22-6-2-1-4-20(22)16-24(21)23/h1-11H,12-17H2,(H,27,28)(H,29,30). The number of nitrogens with one attached hydrogen (secondary N) is 1. The third-order valence-corrected chi connectivity index (χ3v) is 5.69. The molecule has 0 bridgehead atoms. The van der Waals surface area contributed by atoms with Crippen molar-refractivity contribution in [3.05, 3.63) is 94.5 Å². The third kappa shape index (κ3) is 4.60. The zero-order valence-corrected chi connectivity index (χ0v) is 16.9. The van der Waals surface area contributed by atoms with E-state index in [1.165, 1.54) is 22.3 Å². The topological polar surface area (TPSA) is 66.4 Å². The van der Waals surface area contributed by atoms with Gasteiger partial charge in [0, 0.05) is 13.0 Å². The molecule has 0 aliphatic heterocycles. The van der Waals surface area contributed by atoms with Crippen molar-refractivity contribution < 1.29 is 14.7 Å². The molecule has 3 aromatic rings. The second-order valence-electron chi connectivity index (χ2n) is 7.76. The summed E-state index contributed by atoms with van der Waals surface area (Å²) in [5, 5.41) is 11.8. The van der Waals surface area contributed by atoms with Crippen molar-refractivity contribution in [2.75, 3.05) is 6.54 Å². The monoisotopic (exact) mass is 399 g/mol. The molecule has 0 saturated carbocycles. The molecule has 3 aromatic carbocycles. The van der Waals surface area contributed by atoms with Gasteiger partial charge in [-0.1, -0.05) is 66.7 Å². The number of hydrogen-bond donors (Lipinski definition) is 2. The number of carbonyl (C=O) groups excluding carboxylic acids is 1. The van der Waals surface area contributed by atoms with Gasteiger partial charge < -0.3 is 10.4 Å². The molecule has 4 nitrogen and oxygen atoms in total. The highest BCUT2D eigenvalue weighted by Crippen LogP contribution is 2.38. The molecular formula is C26H25NO3. The molecule has 30 heavy (non-hydrogen) atoms. The Morgan fingerprint density at radius 2 is 1.53 bits per heavy atom. The van der Waals surface area contributed by atoms with Gasteiger partial charge in [-0.25, -0.2) is 0 Å². The summed E-state index contributed by atoms with van der Waals surface area (Å²) >= 11 is 0. The maximum Gasteiger partial charge on any atom is 0.303 e. The number of benzene rings is 3. The highest BCUT2D eigenvalue weighted by Gasteiger charge is 2.21. The molecule has 0 atom stereocenters. The van der Waals surface area contributed by atoms with E-state index in [9.17, 15) is 9.59 Å². The van der Waals surface area contributed by atoms with E-state index in [-0.39, 0.29) is 12.3 Å². The molecule has 0 radical (unpaired) electrons.